The molecule has 0 bridgehead atoms. The number of hydrazone groups is 1. The molecule has 6 nitrogen and oxygen atoms in total. The number of halogens is 3. The van der Waals surface area contributed by atoms with Crippen LogP contribution in [0.15, 0.2) is 71.2 Å². The van der Waals surface area contributed by atoms with Gasteiger partial charge in [-0.05, 0) is 29.8 Å². The van der Waals surface area contributed by atoms with Crippen LogP contribution in [0.2, 0.25) is 0 Å². The van der Waals surface area contributed by atoms with E-state index >= 15 is 0 Å². The molecule has 2 aliphatic rings. The highest BCUT2D eigenvalue weighted by molar-refractivity contribution is 5.96. The molecule has 0 fully saturated rings. The summed E-state index contributed by atoms with van der Waals surface area (Å²) in [6.07, 6.45) is -5.83. The van der Waals surface area contributed by atoms with Crippen molar-refractivity contribution in [3.05, 3.63) is 71.6 Å². The third kappa shape index (κ3) is 3.54. The van der Waals surface area contributed by atoms with E-state index in [1.807, 2.05) is 25.1 Å². The van der Waals surface area contributed by atoms with Crippen molar-refractivity contribution in [3.8, 4) is 6.07 Å². The quantitative estimate of drug-likeness (QED) is 0.803. The van der Waals surface area contributed by atoms with Crippen LogP contribution in [0.1, 0.15) is 11.5 Å². The molecule has 0 spiro atoms. The number of benzene rings is 2. The predicted octanol–water partition coefficient (Wildman–Crippen LogP) is 3.94. The number of rotatable bonds is 3. The maximum atomic E-state index is 14.1. The van der Waals surface area contributed by atoms with Crippen molar-refractivity contribution in [1.29, 1.82) is 5.26 Å². The number of nitrogens with two attached hydrogens (primary N) is 1. The third-order valence-corrected chi connectivity index (χ3v) is 5.46. The molecule has 4 rings (SSSR count). The average Bonchev–Trinajstić information content (AvgIpc) is 3.13. The third-order valence-electron chi connectivity index (χ3n) is 5.46. The van der Waals surface area contributed by atoms with Crippen LogP contribution in [0.5, 0.6) is 0 Å². The number of fused-ring (bicyclic) bond motifs is 1. The van der Waals surface area contributed by atoms with E-state index in [1.54, 1.807) is 54.6 Å². The lowest BCUT2D eigenvalue weighted by Crippen LogP contribution is -2.46. The van der Waals surface area contributed by atoms with Gasteiger partial charge in [0.25, 0.3) is 0 Å². The molecule has 0 aliphatic carbocycles. The Kier molecular flexibility index (Phi) is 5.01. The minimum Gasteiger partial charge on any atom is -0.452 e. The van der Waals surface area contributed by atoms with Gasteiger partial charge in [-0.15, -0.1) is 0 Å². The first-order valence-corrected chi connectivity index (χ1v) is 9.56. The van der Waals surface area contributed by atoms with Crippen LogP contribution in [0.3, 0.4) is 0 Å². The highest BCUT2D eigenvalue weighted by Crippen LogP contribution is 2.48. The molecule has 2 N–H and O–H groups in total. The molecule has 31 heavy (non-hydrogen) atoms. The first-order chi connectivity index (χ1) is 14.7. The van der Waals surface area contributed by atoms with Crippen LogP contribution < -0.4 is 15.6 Å². The lowest BCUT2D eigenvalue weighted by Gasteiger charge is -2.37. The normalized spacial score (nSPS) is 23.0. The van der Waals surface area contributed by atoms with Crippen LogP contribution >= 0.6 is 0 Å². The van der Waals surface area contributed by atoms with Gasteiger partial charge in [-0.1, -0.05) is 30.3 Å². The van der Waals surface area contributed by atoms with E-state index in [0.717, 1.165) is 5.69 Å². The van der Waals surface area contributed by atoms with E-state index in [2.05, 4.69) is 5.10 Å². The predicted molar refractivity (Wildman–Crippen MR) is 111 cm³/mol. The maximum absolute atomic E-state index is 14.1. The summed E-state index contributed by atoms with van der Waals surface area (Å²) in [6.45, 7) is 0. The molecule has 0 radical (unpaired) electrons. The van der Waals surface area contributed by atoms with Gasteiger partial charge in [0.1, 0.15) is 6.07 Å². The second kappa shape index (κ2) is 7.54. The second-order valence-corrected chi connectivity index (χ2v) is 7.55. The number of nitriles is 1. The monoisotopic (exact) mass is 427 g/mol. The topological polar surface area (TPSA) is 77.9 Å². The summed E-state index contributed by atoms with van der Waals surface area (Å²) in [4.78, 5) is 1.88. The molecule has 2 aliphatic heterocycles. The Morgan fingerprint density at radius 3 is 2.29 bits per heavy atom. The molecule has 2 heterocycles. The van der Waals surface area contributed by atoms with Crippen LogP contribution in [0, 0.1) is 17.2 Å². The summed E-state index contributed by atoms with van der Waals surface area (Å²) in [5.41, 5.74) is 6.83. The molecule has 0 aromatic heterocycles. The van der Waals surface area contributed by atoms with E-state index in [4.69, 9.17) is 10.5 Å². The molecule has 0 amide bonds. The van der Waals surface area contributed by atoms with Gasteiger partial charge < -0.3 is 15.4 Å². The van der Waals surface area contributed by atoms with Gasteiger partial charge in [-0.3, -0.25) is 0 Å². The second-order valence-electron chi connectivity index (χ2n) is 7.55. The number of allylic oxidation sites excluding steroid dienone is 1. The molecule has 2 aromatic rings. The number of para-hydroxylation sites is 1. The van der Waals surface area contributed by atoms with Gasteiger partial charge in [0.15, 0.2) is 5.71 Å². The Balaban J connectivity index is 1.87. The minimum absolute atomic E-state index is 0.0364. The molecule has 2 aromatic carbocycles. The first-order valence-electron chi connectivity index (χ1n) is 9.56. The number of hydrogen-bond donors (Lipinski definition) is 1. The number of nitrogens with zero attached hydrogens (tertiary/aromatic N) is 4. The zero-order valence-electron chi connectivity index (χ0n) is 16.8. The fraction of sp³-hybridized carbons (Fsp3) is 0.273. The van der Waals surface area contributed by atoms with E-state index in [1.165, 1.54) is 5.01 Å². The van der Waals surface area contributed by atoms with E-state index in [0.29, 0.717) is 11.3 Å². The SMILES string of the molecule is CN(C)c1ccc([C@@H]2C(C#N)=C(N)O[C@H]3[C@@H]2C(C(F)(F)F)=NN3c2ccccc2)cc1. The summed E-state index contributed by atoms with van der Waals surface area (Å²) in [5, 5.41) is 14.8. The summed E-state index contributed by atoms with van der Waals surface area (Å²) in [6, 6.07) is 17.4. The molecule has 9 heteroatoms. The van der Waals surface area contributed by atoms with Crippen LogP contribution in [-0.4, -0.2) is 32.2 Å². The highest BCUT2D eigenvalue weighted by atomic mass is 19.4. The van der Waals surface area contributed by atoms with Gasteiger partial charge in [0.05, 0.1) is 17.2 Å². The van der Waals surface area contributed by atoms with Crippen molar-refractivity contribution in [1.82, 2.24) is 0 Å². The van der Waals surface area contributed by atoms with Crippen molar-refractivity contribution in [2.75, 3.05) is 24.0 Å². The van der Waals surface area contributed by atoms with Gasteiger partial charge in [0, 0.05) is 25.7 Å². The van der Waals surface area contributed by atoms with Gasteiger partial charge in [-0.2, -0.15) is 23.5 Å². The van der Waals surface area contributed by atoms with E-state index < -0.39 is 30.0 Å². The largest absolute Gasteiger partial charge is 0.452 e. The number of hydrogen-bond acceptors (Lipinski definition) is 6. The Morgan fingerprint density at radius 1 is 1.10 bits per heavy atom. The fourth-order valence-corrected chi connectivity index (χ4v) is 4.01. The maximum Gasteiger partial charge on any atom is 0.431 e. The molecular weight excluding hydrogens is 407 g/mol. The first kappa shape index (κ1) is 20.6. The molecule has 0 saturated carbocycles. The minimum atomic E-state index is -4.70. The number of ether oxygens (including phenoxy) is 1. The lowest BCUT2D eigenvalue weighted by atomic mass is 9.76. The molecule has 0 saturated heterocycles. The van der Waals surface area contributed by atoms with Crippen molar-refractivity contribution >= 4 is 17.1 Å². The van der Waals surface area contributed by atoms with Crippen molar-refractivity contribution in [2.45, 2.75) is 18.3 Å². The average molecular weight is 427 g/mol. The fourth-order valence-electron chi connectivity index (χ4n) is 4.01. The summed E-state index contributed by atoms with van der Waals surface area (Å²) >= 11 is 0. The van der Waals surface area contributed by atoms with E-state index in [9.17, 15) is 18.4 Å². The highest BCUT2D eigenvalue weighted by Gasteiger charge is 2.57. The Labute approximate surface area is 177 Å². The number of anilines is 2. The standard InChI is InChI=1S/C22H20F3N5O/c1-29(2)14-10-8-13(9-11-14)17-16(12-26)20(27)31-21-18(17)19(22(23,24)25)28-30(21)15-6-4-3-5-7-15/h3-11,17-18,21H,27H2,1-2H3/t17-,18+,21+/m1/s1. The van der Waals surface area contributed by atoms with Gasteiger partial charge in [0.2, 0.25) is 12.1 Å². The summed E-state index contributed by atoms with van der Waals surface area (Å²) < 4.78 is 47.8. The summed E-state index contributed by atoms with van der Waals surface area (Å²) in [7, 11) is 3.72. The molecule has 160 valence electrons. The van der Waals surface area contributed by atoms with Crippen molar-refractivity contribution < 1.29 is 17.9 Å². The Hall–Kier alpha value is -3.67. The smallest absolute Gasteiger partial charge is 0.431 e. The molecule has 0 unspecified atom stereocenters. The van der Waals surface area contributed by atoms with Crippen LogP contribution in [-0.2, 0) is 4.74 Å². The van der Waals surface area contributed by atoms with Crippen molar-refractivity contribution in [2.24, 2.45) is 16.8 Å². The zero-order valence-corrected chi connectivity index (χ0v) is 16.8. The Bertz CT molecular complexity index is 1070. The lowest BCUT2D eigenvalue weighted by molar-refractivity contribution is -0.0658. The van der Waals surface area contributed by atoms with E-state index in [-0.39, 0.29) is 11.5 Å². The van der Waals surface area contributed by atoms with Gasteiger partial charge in [-0.25, -0.2) is 5.01 Å². The molecular formula is C22H20F3N5O. The van der Waals surface area contributed by atoms with Gasteiger partial charge >= 0.3 is 6.18 Å². The Morgan fingerprint density at radius 2 is 1.74 bits per heavy atom. The zero-order chi connectivity index (χ0) is 22.3. The number of alkyl halides is 3. The van der Waals surface area contributed by atoms with Crippen molar-refractivity contribution in [3.63, 3.8) is 0 Å². The summed E-state index contributed by atoms with van der Waals surface area (Å²) in [5.74, 6) is -2.40. The van der Waals surface area contributed by atoms with Crippen LogP contribution in [0.4, 0.5) is 24.5 Å². The van der Waals surface area contributed by atoms with Crippen LogP contribution in [0.25, 0.3) is 0 Å². The molecule has 3 atom stereocenters.